The Kier molecular flexibility index (Phi) is 2.43. The molecule has 2 rings (SSSR count). The van der Waals surface area contributed by atoms with Crippen LogP contribution < -0.4 is 5.73 Å². The maximum Gasteiger partial charge on any atom is 0.339 e. The molecule has 0 spiro atoms. The van der Waals surface area contributed by atoms with Crippen LogP contribution in [0.2, 0.25) is 0 Å². The third kappa shape index (κ3) is 1.89. The number of nitrogens with two attached hydrogens (primary N) is 1. The largest absolute Gasteiger partial charge is 0.504 e. The average molecular weight is 238 g/mol. The number of aromatic hydroxyl groups is 1. The highest BCUT2D eigenvalue weighted by Gasteiger charge is 2.17. The predicted molar refractivity (Wildman–Crippen MR) is 54.9 cm³/mol. The van der Waals surface area contributed by atoms with Crippen molar-refractivity contribution in [1.82, 2.24) is 5.16 Å². The maximum atomic E-state index is 13.3. The second-order valence-corrected chi connectivity index (χ2v) is 3.28. The fraction of sp³-hybridized carbons (Fsp3) is 0. The smallest absolute Gasteiger partial charge is 0.339 e. The van der Waals surface area contributed by atoms with Crippen LogP contribution in [0.3, 0.4) is 0 Å². The van der Waals surface area contributed by atoms with E-state index in [1.165, 1.54) is 6.07 Å². The standard InChI is InChI=1S/C10H7FN2O4/c11-6-2-4(7-3-8(12)13-17-7)1-5(9(6)14)10(15)16/h1-3,14H,(H2,12,13)(H,15,16). The van der Waals surface area contributed by atoms with E-state index in [-0.39, 0.29) is 17.1 Å². The number of carboxylic acids is 1. The van der Waals surface area contributed by atoms with Crippen molar-refractivity contribution in [1.29, 1.82) is 0 Å². The Morgan fingerprint density at radius 1 is 1.41 bits per heavy atom. The number of phenols is 1. The first-order valence-corrected chi connectivity index (χ1v) is 4.47. The Labute approximate surface area is 94.1 Å². The van der Waals surface area contributed by atoms with E-state index in [1.807, 2.05) is 0 Å². The molecule has 0 fully saturated rings. The monoisotopic (exact) mass is 238 g/mol. The summed E-state index contributed by atoms with van der Waals surface area (Å²) in [5.74, 6) is -3.23. The van der Waals surface area contributed by atoms with Crippen molar-refractivity contribution in [2.75, 3.05) is 5.73 Å². The summed E-state index contributed by atoms with van der Waals surface area (Å²) >= 11 is 0. The molecule has 0 saturated heterocycles. The molecule has 0 aliphatic carbocycles. The second-order valence-electron chi connectivity index (χ2n) is 3.28. The number of carboxylic acid groups (broad SMARTS) is 1. The third-order valence-corrected chi connectivity index (χ3v) is 2.11. The number of anilines is 1. The molecule has 1 heterocycles. The predicted octanol–water partition coefficient (Wildman–Crippen LogP) is 1.47. The minimum Gasteiger partial charge on any atom is -0.504 e. The number of hydrogen-bond donors (Lipinski definition) is 3. The van der Waals surface area contributed by atoms with Crippen LogP contribution in [0.1, 0.15) is 10.4 Å². The molecule has 0 unspecified atom stereocenters. The summed E-state index contributed by atoms with van der Waals surface area (Å²) in [5.41, 5.74) is 4.88. The lowest BCUT2D eigenvalue weighted by atomic mass is 10.1. The van der Waals surface area contributed by atoms with Crippen LogP contribution >= 0.6 is 0 Å². The number of benzene rings is 1. The number of rotatable bonds is 2. The van der Waals surface area contributed by atoms with Gasteiger partial charge in [0.15, 0.2) is 23.1 Å². The van der Waals surface area contributed by atoms with Crippen LogP contribution in [0.15, 0.2) is 22.7 Å². The molecule has 17 heavy (non-hydrogen) atoms. The number of carbonyl (C=O) groups is 1. The van der Waals surface area contributed by atoms with E-state index in [1.54, 1.807) is 0 Å². The molecule has 0 bridgehead atoms. The number of nitrogens with zero attached hydrogens (tertiary/aromatic N) is 1. The van der Waals surface area contributed by atoms with Crippen molar-refractivity contribution in [2.24, 2.45) is 0 Å². The van der Waals surface area contributed by atoms with Gasteiger partial charge < -0.3 is 20.5 Å². The number of halogens is 1. The van der Waals surface area contributed by atoms with E-state index < -0.39 is 23.1 Å². The lowest BCUT2D eigenvalue weighted by Crippen LogP contribution is -1.99. The molecule has 2 aromatic rings. The van der Waals surface area contributed by atoms with Crippen LogP contribution in [0.25, 0.3) is 11.3 Å². The first-order valence-electron chi connectivity index (χ1n) is 4.47. The Morgan fingerprint density at radius 2 is 2.12 bits per heavy atom. The molecule has 0 aliphatic rings. The second kappa shape index (κ2) is 3.78. The summed E-state index contributed by atoms with van der Waals surface area (Å²) in [7, 11) is 0. The zero-order valence-electron chi connectivity index (χ0n) is 8.35. The summed E-state index contributed by atoms with van der Waals surface area (Å²) in [5, 5.41) is 21.4. The maximum absolute atomic E-state index is 13.3. The van der Waals surface area contributed by atoms with Gasteiger partial charge in [-0.2, -0.15) is 0 Å². The number of aromatic nitrogens is 1. The highest BCUT2D eigenvalue weighted by Crippen LogP contribution is 2.29. The number of nitrogen functional groups attached to an aromatic ring is 1. The normalized spacial score (nSPS) is 10.4. The third-order valence-electron chi connectivity index (χ3n) is 2.11. The van der Waals surface area contributed by atoms with Gasteiger partial charge in [-0.25, -0.2) is 9.18 Å². The molecule has 6 nitrogen and oxygen atoms in total. The van der Waals surface area contributed by atoms with Crippen molar-refractivity contribution in [3.05, 3.63) is 29.6 Å². The molecule has 1 aromatic heterocycles. The molecule has 88 valence electrons. The van der Waals surface area contributed by atoms with Crippen molar-refractivity contribution in [3.63, 3.8) is 0 Å². The summed E-state index contributed by atoms with van der Waals surface area (Å²) < 4.78 is 18.0. The Morgan fingerprint density at radius 3 is 2.65 bits per heavy atom. The highest BCUT2D eigenvalue weighted by molar-refractivity contribution is 5.92. The molecule has 4 N–H and O–H groups in total. The van der Waals surface area contributed by atoms with Crippen molar-refractivity contribution >= 4 is 11.8 Å². The van der Waals surface area contributed by atoms with E-state index in [4.69, 9.17) is 15.4 Å². The molecule has 0 amide bonds. The minimum absolute atomic E-state index is 0.0883. The highest BCUT2D eigenvalue weighted by atomic mass is 19.1. The molecule has 7 heteroatoms. The lowest BCUT2D eigenvalue weighted by molar-refractivity contribution is 0.0693. The van der Waals surface area contributed by atoms with Crippen molar-refractivity contribution < 1.29 is 23.9 Å². The van der Waals surface area contributed by atoms with Gasteiger partial charge in [-0.05, 0) is 12.1 Å². The van der Waals surface area contributed by atoms with E-state index in [0.717, 1.165) is 12.1 Å². The zero-order valence-corrected chi connectivity index (χ0v) is 8.35. The summed E-state index contributed by atoms with van der Waals surface area (Å²) in [6.07, 6.45) is 0. The molecule has 0 atom stereocenters. The molecule has 1 aromatic carbocycles. The van der Waals surface area contributed by atoms with Gasteiger partial charge in [-0.1, -0.05) is 5.16 Å². The zero-order chi connectivity index (χ0) is 12.6. The topological polar surface area (TPSA) is 110 Å². The quantitative estimate of drug-likeness (QED) is 0.730. The van der Waals surface area contributed by atoms with Gasteiger partial charge in [0.1, 0.15) is 5.56 Å². The van der Waals surface area contributed by atoms with Gasteiger partial charge in [0, 0.05) is 11.6 Å². The molecule has 0 aliphatic heterocycles. The van der Waals surface area contributed by atoms with Gasteiger partial charge in [0.25, 0.3) is 0 Å². The fourth-order valence-electron chi connectivity index (χ4n) is 1.33. The SMILES string of the molecule is Nc1cc(-c2cc(F)c(O)c(C(=O)O)c2)on1. The molecular formula is C10H7FN2O4. The first kappa shape index (κ1) is 10.9. The van der Waals surface area contributed by atoms with Crippen LogP contribution in [-0.4, -0.2) is 21.3 Å². The summed E-state index contributed by atoms with van der Waals surface area (Å²) in [4.78, 5) is 10.8. The number of hydrogen-bond acceptors (Lipinski definition) is 5. The van der Waals surface area contributed by atoms with Crippen LogP contribution in [0.4, 0.5) is 10.2 Å². The summed E-state index contributed by atoms with van der Waals surface area (Å²) in [6, 6.07) is 3.32. The van der Waals surface area contributed by atoms with Gasteiger partial charge in [-0.3, -0.25) is 0 Å². The van der Waals surface area contributed by atoms with Crippen LogP contribution in [0.5, 0.6) is 5.75 Å². The van der Waals surface area contributed by atoms with Gasteiger partial charge in [0.2, 0.25) is 0 Å². The Hall–Kier alpha value is -2.57. The Balaban J connectivity index is 2.60. The van der Waals surface area contributed by atoms with Crippen molar-refractivity contribution in [3.8, 4) is 17.1 Å². The molecule has 0 saturated carbocycles. The average Bonchev–Trinajstić information content (AvgIpc) is 2.68. The van der Waals surface area contributed by atoms with Crippen LogP contribution in [-0.2, 0) is 0 Å². The van der Waals surface area contributed by atoms with E-state index in [2.05, 4.69) is 5.16 Å². The fourth-order valence-corrected chi connectivity index (χ4v) is 1.33. The Bertz CT molecular complexity index is 594. The van der Waals surface area contributed by atoms with Gasteiger partial charge >= 0.3 is 5.97 Å². The molecule has 0 radical (unpaired) electrons. The van der Waals surface area contributed by atoms with E-state index in [0.29, 0.717) is 0 Å². The van der Waals surface area contributed by atoms with Gasteiger partial charge in [0.05, 0.1) is 0 Å². The lowest BCUT2D eigenvalue weighted by Gasteiger charge is -2.03. The van der Waals surface area contributed by atoms with E-state index >= 15 is 0 Å². The van der Waals surface area contributed by atoms with E-state index in [9.17, 15) is 14.3 Å². The van der Waals surface area contributed by atoms with Gasteiger partial charge in [-0.15, -0.1) is 0 Å². The minimum atomic E-state index is -1.45. The number of aromatic carboxylic acids is 1. The first-order chi connectivity index (χ1) is 7.99. The van der Waals surface area contributed by atoms with Crippen molar-refractivity contribution in [2.45, 2.75) is 0 Å². The summed E-state index contributed by atoms with van der Waals surface area (Å²) in [6.45, 7) is 0. The van der Waals surface area contributed by atoms with Crippen LogP contribution in [0, 0.1) is 5.82 Å². The molecular weight excluding hydrogens is 231 g/mol.